The molecule has 21 heavy (non-hydrogen) atoms. The van der Waals surface area contributed by atoms with Crippen molar-refractivity contribution in [1.82, 2.24) is 9.80 Å². The van der Waals surface area contributed by atoms with Crippen LogP contribution in [-0.2, 0) is 4.74 Å². The molecule has 0 aliphatic carbocycles. The van der Waals surface area contributed by atoms with Crippen LogP contribution < -0.4 is 5.73 Å². The number of hydrogen-bond donors (Lipinski definition) is 1. The molecule has 124 valence electrons. The summed E-state index contributed by atoms with van der Waals surface area (Å²) in [5.41, 5.74) is 6.00. The van der Waals surface area contributed by atoms with Gasteiger partial charge in [-0.05, 0) is 44.7 Å². The Hall–Kier alpha value is -0.0800. The molecule has 5 nitrogen and oxygen atoms in total. The van der Waals surface area contributed by atoms with E-state index in [1.165, 1.54) is 38.9 Å². The number of rotatable bonds is 5. The largest absolute Gasteiger partial charge is 0.378 e. The molecule has 0 saturated carbocycles. The number of aliphatic imine (C=N–C) groups is 1. The van der Waals surface area contributed by atoms with Gasteiger partial charge in [0, 0.05) is 26.2 Å². The number of nitrogens with two attached hydrogens (primary N) is 1. The highest BCUT2D eigenvalue weighted by Gasteiger charge is 2.15. The second-order valence-corrected chi connectivity index (χ2v) is 6.09. The van der Waals surface area contributed by atoms with Crippen LogP contribution in [0.2, 0.25) is 0 Å². The molecule has 0 bridgehead atoms. The first-order valence-corrected chi connectivity index (χ1v) is 8.10. The molecule has 2 heterocycles. The van der Waals surface area contributed by atoms with Crippen LogP contribution >= 0.6 is 24.0 Å². The zero-order valence-electron chi connectivity index (χ0n) is 13.3. The van der Waals surface area contributed by atoms with E-state index in [1.54, 1.807) is 0 Å². The van der Waals surface area contributed by atoms with Gasteiger partial charge in [0.2, 0.25) is 0 Å². The minimum absolute atomic E-state index is 0. The van der Waals surface area contributed by atoms with Crippen molar-refractivity contribution < 1.29 is 4.74 Å². The fourth-order valence-corrected chi connectivity index (χ4v) is 3.02. The van der Waals surface area contributed by atoms with Gasteiger partial charge in [-0.1, -0.05) is 6.92 Å². The van der Waals surface area contributed by atoms with Crippen LogP contribution in [0.25, 0.3) is 0 Å². The Morgan fingerprint density at radius 1 is 1.24 bits per heavy atom. The first kappa shape index (κ1) is 19.0. The van der Waals surface area contributed by atoms with Gasteiger partial charge < -0.3 is 20.3 Å². The summed E-state index contributed by atoms with van der Waals surface area (Å²) in [4.78, 5) is 9.21. The van der Waals surface area contributed by atoms with Crippen molar-refractivity contribution in [3.63, 3.8) is 0 Å². The molecule has 0 spiro atoms. The second kappa shape index (κ2) is 10.6. The lowest BCUT2D eigenvalue weighted by Gasteiger charge is -2.30. The molecule has 6 heteroatoms. The maximum Gasteiger partial charge on any atom is 0.191 e. The lowest BCUT2D eigenvalue weighted by molar-refractivity contribution is 0.0674. The summed E-state index contributed by atoms with van der Waals surface area (Å²) in [5.74, 6) is 1.57. The number of morpholine rings is 1. The SMILES string of the molecule is CC1CCCN(CCCCN=C(N)N2CCOCC2)C1.I. The summed E-state index contributed by atoms with van der Waals surface area (Å²) in [6.45, 7) is 10.3. The highest BCUT2D eigenvalue weighted by atomic mass is 127. The number of likely N-dealkylation sites (tertiary alicyclic amines) is 1. The number of hydrogen-bond acceptors (Lipinski definition) is 3. The van der Waals surface area contributed by atoms with Crippen molar-refractivity contribution in [2.45, 2.75) is 32.6 Å². The molecule has 2 rings (SSSR count). The van der Waals surface area contributed by atoms with E-state index >= 15 is 0 Å². The van der Waals surface area contributed by atoms with Gasteiger partial charge in [0.05, 0.1) is 13.2 Å². The molecule has 2 fully saturated rings. The van der Waals surface area contributed by atoms with E-state index in [1.807, 2.05) is 0 Å². The third-order valence-corrected chi connectivity index (χ3v) is 4.23. The number of unbranched alkanes of at least 4 members (excludes halogenated alkanes) is 1. The number of guanidine groups is 1. The van der Waals surface area contributed by atoms with Gasteiger partial charge in [-0.25, -0.2) is 0 Å². The molecule has 2 N–H and O–H groups in total. The minimum atomic E-state index is 0. The maximum absolute atomic E-state index is 6.00. The number of halogens is 1. The van der Waals surface area contributed by atoms with Crippen LogP contribution in [0.1, 0.15) is 32.6 Å². The maximum atomic E-state index is 6.00. The molecule has 0 radical (unpaired) electrons. The van der Waals surface area contributed by atoms with E-state index in [4.69, 9.17) is 10.5 Å². The van der Waals surface area contributed by atoms with E-state index in [0.717, 1.165) is 45.2 Å². The number of ether oxygens (including phenoxy) is 1. The average Bonchev–Trinajstić information content (AvgIpc) is 2.48. The smallest absolute Gasteiger partial charge is 0.191 e. The Balaban J connectivity index is 0.00000220. The predicted octanol–water partition coefficient (Wildman–Crippen LogP) is 1.76. The van der Waals surface area contributed by atoms with Crippen LogP contribution in [0.5, 0.6) is 0 Å². The Kier molecular flexibility index (Phi) is 9.59. The third kappa shape index (κ3) is 7.15. The number of nitrogens with zero attached hydrogens (tertiary/aromatic N) is 3. The molecule has 1 unspecified atom stereocenters. The highest BCUT2D eigenvalue weighted by Crippen LogP contribution is 2.15. The van der Waals surface area contributed by atoms with Crippen molar-refractivity contribution in [1.29, 1.82) is 0 Å². The van der Waals surface area contributed by atoms with E-state index < -0.39 is 0 Å². The Bertz CT molecular complexity index is 308. The van der Waals surface area contributed by atoms with Crippen LogP contribution in [-0.4, -0.2) is 68.2 Å². The molecule has 0 aromatic rings. The lowest BCUT2D eigenvalue weighted by Crippen LogP contribution is -2.44. The van der Waals surface area contributed by atoms with Crippen LogP contribution in [0, 0.1) is 5.92 Å². The van der Waals surface area contributed by atoms with Crippen molar-refractivity contribution in [3.8, 4) is 0 Å². The van der Waals surface area contributed by atoms with Gasteiger partial charge in [0.1, 0.15) is 0 Å². The van der Waals surface area contributed by atoms with Crippen molar-refractivity contribution >= 4 is 29.9 Å². The monoisotopic (exact) mass is 410 g/mol. The fourth-order valence-electron chi connectivity index (χ4n) is 3.02. The van der Waals surface area contributed by atoms with E-state index in [-0.39, 0.29) is 24.0 Å². The summed E-state index contributed by atoms with van der Waals surface area (Å²) in [5, 5.41) is 0. The van der Waals surface area contributed by atoms with Crippen LogP contribution in [0.4, 0.5) is 0 Å². The molecule has 0 aromatic heterocycles. The van der Waals surface area contributed by atoms with Gasteiger partial charge in [-0.15, -0.1) is 24.0 Å². The summed E-state index contributed by atoms with van der Waals surface area (Å²) in [7, 11) is 0. The third-order valence-electron chi connectivity index (χ3n) is 4.23. The van der Waals surface area contributed by atoms with E-state index in [2.05, 4.69) is 21.7 Å². The fraction of sp³-hybridized carbons (Fsp3) is 0.933. The van der Waals surface area contributed by atoms with Gasteiger partial charge in [-0.2, -0.15) is 0 Å². The summed E-state index contributed by atoms with van der Waals surface area (Å²) < 4.78 is 5.31. The number of piperidine rings is 1. The van der Waals surface area contributed by atoms with Gasteiger partial charge in [-0.3, -0.25) is 4.99 Å². The molecule has 1 atom stereocenters. The molecule has 0 amide bonds. The Morgan fingerprint density at radius 2 is 2.00 bits per heavy atom. The zero-order chi connectivity index (χ0) is 14.2. The van der Waals surface area contributed by atoms with Gasteiger partial charge in [0.15, 0.2) is 5.96 Å². The standard InChI is InChI=1S/C15H30N4O.HI/c1-14-5-4-8-18(13-14)7-3-2-6-17-15(16)19-9-11-20-12-10-19;/h14H,2-13H2,1H3,(H2,16,17);1H. The summed E-state index contributed by atoms with van der Waals surface area (Å²) in [6.07, 6.45) is 5.13. The van der Waals surface area contributed by atoms with Crippen molar-refractivity contribution in [3.05, 3.63) is 0 Å². The topological polar surface area (TPSA) is 54.1 Å². The van der Waals surface area contributed by atoms with Gasteiger partial charge in [0.25, 0.3) is 0 Å². The van der Waals surface area contributed by atoms with E-state index in [9.17, 15) is 0 Å². The predicted molar refractivity (Wildman–Crippen MR) is 98.4 cm³/mol. The van der Waals surface area contributed by atoms with Crippen LogP contribution in [0.3, 0.4) is 0 Å². The molecular formula is C15H31IN4O. The first-order chi connectivity index (χ1) is 9.75. The quantitative estimate of drug-likeness (QED) is 0.325. The van der Waals surface area contributed by atoms with Crippen molar-refractivity contribution in [2.24, 2.45) is 16.6 Å². The molecule has 2 aliphatic heterocycles. The molecular weight excluding hydrogens is 379 g/mol. The van der Waals surface area contributed by atoms with Crippen LogP contribution in [0.15, 0.2) is 4.99 Å². The normalized spacial score (nSPS) is 24.7. The summed E-state index contributed by atoms with van der Waals surface area (Å²) in [6, 6.07) is 0. The van der Waals surface area contributed by atoms with Crippen molar-refractivity contribution in [2.75, 3.05) is 52.5 Å². The molecule has 0 aromatic carbocycles. The molecule has 2 saturated heterocycles. The van der Waals surface area contributed by atoms with Gasteiger partial charge >= 0.3 is 0 Å². The second-order valence-electron chi connectivity index (χ2n) is 6.09. The zero-order valence-corrected chi connectivity index (χ0v) is 15.6. The Labute approximate surface area is 146 Å². The minimum Gasteiger partial charge on any atom is -0.378 e. The Morgan fingerprint density at radius 3 is 2.71 bits per heavy atom. The summed E-state index contributed by atoms with van der Waals surface area (Å²) >= 11 is 0. The average molecular weight is 410 g/mol. The molecule has 2 aliphatic rings. The lowest BCUT2D eigenvalue weighted by atomic mass is 10.0. The first-order valence-electron chi connectivity index (χ1n) is 8.10. The highest BCUT2D eigenvalue weighted by molar-refractivity contribution is 14.0. The van der Waals surface area contributed by atoms with E-state index in [0.29, 0.717) is 5.96 Å².